The highest BCUT2D eigenvalue weighted by Gasteiger charge is 2.20. The fourth-order valence-electron chi connectivity index (χ4n) is 4.23. The Bertz CT molecular complexity index is 761. The van der Waals surface area contributed by atoms with Gasteiger partial charge in [-0.1, -0.05) is 63.3 Å². The predicted molar refractivity (Wildman–Crippen MR) is 120 cm³/mol. The highest BCUT2D eigenvalue weighted by molar-refractivity contribution is 5.74. The smallest absolute Gasteiger partial charge is 0.317 e. The summed E-state index contributed by atoms with van der Waals surface area (Å²) >= 11 is 0. The summed E-state index contributed by atoms with van der Waals surface area (Å²) in [6, 6.07) is 13.2. The van der Waals surface area contributed by atoms with Crippen molar-refractivity contribution in [2.75, 3.05) is 6.54 Å². The molecule has 2 aromatic rings. The van der Waals surface area contributed by atoms with Crippen LogP contribution in [0, 0.1) is 6.92 Å². The Morgan fingerprint density at radius 3 is 2.66 bits per heavy atom. The molecule has 0 spiro atoms. The van der Waals surface area contributed by atoms with E-state index in [-0.39, 0.29) is 6.03 Å². The average molecular weight is 396 g/mol. The number of aromatic nitrogens is 1. The number of hydrogen-bond acceptors (Lipinski definition) is 1. The second-order valence-electron chi connectivity index (χ2n) is 8.47. The van der Waals surface area contributed by atoms with Gasteiger partial charge in [0, 0.05) is 31.0 Å². The Balaban J connectivity index is 1.67. The van der Waals surface area contributed by atoms with Crippen molar-refractivity contribution in [3.05, 3.63) is 59.4 Å². The van der Waals surface area contributed by atoms with Gasteiger partial charge in [0.05, 0.1) is 6.54 Å². The largest absolute Gasteiger partial charge is 0.345 e. The van der Waals surface area contributed by atoms with Gasteiger partial charge in [0.15, 0.2) is 0 Å². The molecule has 158 valence electrons. The maximum absolute atomic E-state index is 13.1. The lowest BCUT2D eigenvalue weighted by Gasteiger charge is -2.29. The molecule has 0 unspecified atom stereocenters. The SMILES string of the molecule is CCCCCN(Cc1cccn1Cc1ccccc1C)C(=O)NC1CCCCC1. The zero-order valence-corrected chi connectivity index (χ0v) is 18.2. The summed E-state index contributed by atoms with van der Waals surface area (Å²) < 4.78 is 2.28. The van der Waals surface area contributed by atoms with E-state index in [1.807, 2.05) is 4.90 Å². The van der Waals surface area contributed by atoms with Gasteiger partial charge in [-0.3, -0.25) is 0 Å². The average Bonchev–Trinajstić information content (AvgIpc) is 3.16. The molecule has 1 saturated carbocycles. The second kappa shape index (κ2) is 11.1. The van der Waals surface area contributed by atoms with Crippen molar-refractivity contribution in [2.24, 2.45) is 0 Å². The van der Waals surface area contributed by atoms with Gasteiger partial charge in [0.1, 0.15) is 0 Å². The van der Waals surface area contributed by atoms with Crippen LogP contribution in [0.2, 0.25) is 0 Å². The Kier molecular flexibility index (Phi) is 8.21. The van der Waals surface area contributed by atoms with Crippen molar-refractivity contribution >= 4 is 6.03 Å². The molecule has 0 bridgehead atoms. The number of aryl methyl sites for hydroxylation is 1. The lowest BCUT2D eigenvalue weighted by atomic mass is 9.96. The van der Waals surface area contributed by atoms with Crippen LogP contribution in [0.5, 0.6) is 0 Å². The lowest BCUT2D eigenvalue weighted by molar-refractivity contribution is 0.185. The summed E-state index contributed by atoms with van der Waals surface area (Å²) in [5.41, 5.74) is 3.83. The predicted octanol–water partition coefficient (Wildman–Crippen LogP) is 5.88. The van der Waals surface area contributed by atoms with E-state index in [9.17, 15) is 4.79 Å². The van der Waals surface area contributed by atoms with E-state index >= 15 is 0 Å². The standard InChI is InChI=1S/C25H37N3O/c1-3-4-10-17-28(25(29)26-23-14-6-5-7-15-23)20-24-16-11-18-27(24)19-22-13-9-8-12-21(22)2/h8-9,11-13,16,18,23H,3-7,10,14-15,17,19-20H2,1-2H3,(H,26,29). The summed E-state index contributed by atoms with van der Waals surface area (Å²) in [6.07, 6.45) is 11.5. The Morgan fingerprint density at radius 2 is 1.90 bits per heavy atom. The molecule has 1 aromatic heterocycles. The van der Waals surface area contributed by atoms with E-state index in [0.717, 1.165) is 38.8 Å². The second-order valence-corrected chi connectivity index (χ2v) is 8.47. The molecule has 3 rings (SSSR count). The van der Waals surface area contributed by atoms with Crippen LogP contribution in [0.1, 0.15) is 75.1 Å². The number of amides is 2. The van der Waals surface area contributed by atoms with Gasteiger partial charge in [-0.05, 0) is 49.4 Å². The lowest BCUT2D eigenvalue weighted by Crippen LogP contribution is -2.45. The summed E-state index contributed by atoms with van der Waals surface area (Å²) in [7, 11) is 0. The van der Waals surface area contributed by atoms with Gasteiger partial charge < -0.3 is 14.8 Å². The highest BCUT2D eigenvalue weighted by Crippen LogP contribution is 2.19. The third-order valence-corrected chi connectivity index (χ3v) is 6.13. The molecule has 0 radical (unpaired) electrons. The molecule has 0 atom stereocenters. The fourth-order valence-corrected chi connectivity index (χ4v) is 4.23. The Morgan fingerprint density at radius 1 is 1.10 bits per heavy atom. The van der Waals surface area contributed by atoms with Crippen LogP contribution in [0.25, 0.3) is 0 Å². The molecular weight excluding hydrogens is 358 g/mol. The van der Waals surface area contributed by atoms with Crippen molar-refractivity contribution in [3.63, 3.8) is 0 Å². The number of rotatable bonds is 9. The number of hydrogen-bond donors (Lipinski definition) is 1. The van der Waals surface area contributed by atoms with Crippen LogP contribution in [0.4, 0.5) is 4.79 Å². The van der Waals surface area contributed by atoms with Crippen molar-refractivity contribution in [2.45, 2.75) is 84.3 Å². The molecule has 29 heavy (non-hydrogen) atoms. The van der Waals surface area contributed by atoms with E-state index in [2.05, 4.69) is 66.3 Å². The van der Waals surface area contributed by atoms with Crippen LogP contribution in [0.15, 0.2) is 42.6 Å². The molecule has 1 heterocycles. The highest BCUT2D eigenvalue weighted by atomic mass is 16.2. The normalized spacial score (nSPS) is 14.7. The van der Waals surface area contributed by atoms with Crippen LogP contribution in [-0.4, -0.2) is 28.1 Å². The number of carbonyl (C=O) groups excluding carboxylic acids is 1. The minimum absolute atomic E-state index is 0.108. The number of benzene rings is 1. The number of unbranched alkanes of at least 4 members (excludes halogenated alkanes) is 2. The first kappa shape index (κ1) is 21.5. The van der Waals surface area contributed by atoms with Gasteiger partial charge in [-0.2, -0.15) is 0 Å². The number of carbonyl (C=O) groups is 1. The molecule has 4 nitrogen and oxygen atoms in total. The molecule has 1 aromatic carbocycles. The molecule has 0 aliphatic heterocycles. The molecule has 4 heteroatoms. The first-order valence-corrected chi connectivity index (χ1v) is 11.4. The first-order chi connectivity index (χ1) is 14.2. The molecule has 1 aliphatic rings. The monoisotopic (exact) mass is 395 g/mol. The number of urea groups is 1. The van der Waals surface area contributed by atoms with Crippen LogP contribution in [-0.2, 0) is 13.1 Å². The van der Waals surface area contributed by atoms with Gasteiger partial charge >= 0.3 is 6.03 Å². The Labute approximate surface area is 176 Å². The molecule has 2 amide bonds. The fraction of sp³-hybridized carbons (Fsp3) is 0.560. The number of nitrogens with zero attached hydrogens (tertiary/aromatic N) is 2. The Hall–Kier alpha value is -2.23. The summed E-state index contributed by atoms with van der Waals surface area (Å²) in [5, 5.41) is 3.31. The summed E-state index contributed by atoms with van der Waals surface area (Å²) in [5.74, 6) is 0. The van der Waals surface area contributed by atoms with E-state index < -0.39 is 0 Å². The maximum Gasteiger partial charge on any atom is 0.317 e. The third kappa shape index (κ3) is 6.38. The van der Waals surface area contributed by atoms with Crippen molar-refractivity contribution in [3.8, 4) is 0 Å². The molecular formula is C25H37N3O. The molecule has 1 fully saturated rings. The topological polar surface area (TPSA) is 37.3 Å². The maximum atomic E-state index is 13.1. The minimum atomic E-state index is 0.108. The minimum Gasteiger partial charge on any atom is -0.345 e. The van der Waals surface area contributed by atoms with E-state index in [0.29, 0.717) is 12.6 Å². The van der Waals surface area contributed by atoms with Gasteiger partial charge in [0.2, 0.25) is 0 Å². The zero-order chi connectivity index (χ0) is 20.5. The summed E-state index contributed by atoms with van der Waals surface area (Å²) in [6.45, 7) is 6.71. The van der Waals surface area contributed by atoms with E-state index in [4.69, 9.17) is 0 Å². The van der Waals surface area contributed by atoms with Crippen molar-refractivity contribution in [1.29, 1.82) is 0 Å². The van der Waals surface area contributed by atoms with E-state index in [1.54, 1.807) is 0 Å². The number of nitrogens with one attached hydrogen (secondary N) is 1. The van der Waals surface area contributed by atoms with Crippen LogP contribution < -0.4 is 5.32 Å². The van der Waals surface area contributed by atoms with Crippen molar-refractivity contribution in [1.82, 2.24) is 14.8 Å². The molecule has 1 aliphatic carbocycles. The van der Waals surface area contributed by atoms with Gasteiger partial charge in [-0.15, -0.1) is 0 Å². The molecule has 1 N–H and O–H groups in total. The third-order valence-electron chi connectivity index (χ3n) is 6.13. The summed E-state index contributed by atoms with van der Waals surface area (Å²) in [4.78, 5) is 15.1. The van der Waals surface area contributed by atoms with Gasteiger partial charge in [-0.25, -0.2) is 4.79 Å². The molecule has 0 saturated heterocycles. The van der Waals surface area contributed by atoms with Crippen LogP contribution in [0.3, 0.4) is 0 Å². The quantitative estimate of drug-likeness (QED) is 0.529. The van der Waals surface area contributed by atoms with Crippen molar-refractivity contribution < 1.29 is 4.79 Å². The van der Waals surface area contributed by atoms with E-state index in [1.165, 1.54) is 42.5 Å². The van der Waals surface area contributed by atoms with Gasteiger partial charge in [0.25, 0.3) is 0 Å². The first-order valence-electron chi connectivity index (χ1n) is 11.4. The zero-order valence-electron chi connectivity index (χ0n) is 18.2. The van der Waals surface area contributed by atoms with Crippen LogP contribution >= 0.6 is 0 Å².